The van der Waals surface area contributed by atoms with Crippen LogP contribution in [0.25, 0.3) is 0 Å². The number of aromatic nitrogens is 2. The molecule has 1 N–H and O–H groups in total. The first-order chi connectivity index (χ1) is 12.2. The van der Waals surface area contributed by atoms with E-state index in [1.807, 2.05) is 0 Å². The Kier molecular flexibility index (Phi) is 4.92. The molecule has 2 fully saturated rings. The molecule has 10 heteroatoms. The molecule has 2 heterocycles. The molecule has 0 bridgehead atoms. The topological polar surface area (TPSA) is 92.3 Å². The molecule has 3 amide bonds. The van der Waals surface area contributed by atoms with Gasteiger partial charge in [-0.15, -0.1) is 0 Å². The predicted octanol–water partition coefficient (Wildman–Crippen LogP) is 1.18. The first kappa shape index (κ1) is 18.3. The molecule has 26 heavy (non-hydrogen) atoms. The molecule has 3 rings (SSSR count). The van der Waals surface area contributed by atoms with Gasteiger partial charge in [-0.3, -0.25) is 19.3 Å². The van der Waals surface area contributed by atoms with Crippen LogP contribution in [0.4, 0.5) is 13.2 Å². The van der Waals surface area contributed by atoms with Gasteiger partial charge < -0.3 is 5.32 Å². The van der Waals surface area contributed by atoms with Gasteiger partial charge in [-0.1, -0.05) is 0 Å². The third kappa shape index (κ3) is 4.36. The van der Waals surface area contributed by atoms with Crippen molar-refractivity contribution in [3.8, 4) is 0 Å². The Balaban J connectivity index is 1.57. The van der Waals surface area contributed by atoms with Gasteiger partial charge in [-0.25, -0.2) is 9.97 Å². The first-order valence-corrected chi connectivity index (χ1v) is 8.29. The SMILES string of the molecule is O=C(CN1C(=O)CCC1=O)NCCc1nc(C2CC2)cc(C(F)(F)F)n1. The lowest BCUT2D eigenvalue weighted by Gasteiger charge is -2.13. The van der Waals surface area contributed by atoms with Crippen molar-refractivity contribution in [2.24, 2.45) is 0 Å². The molecule has 1 aliphatic carbocycles. The summed E-state index contributed by atoms with van der Waals surface area (Å²) >= 11 is 0. The molecule has 140 valence electrons. The zero-order valence-electron chi connectivity index (χ0n) is 13.8. The van der Waals surface area contributed by atoms with E-state index in [4.69, 9.17) is 0 Å². The average molecular weight is 370 g/mol. The van der Waals surface area contributed by atoms with E-state index in [-0.39, 0.29) is 44.1 Å². The second-order valence-corrected chi connectivity index (χ2v) is 6.34. The van der Waals surface area contributed by atoms with E-state index in [1.165, 1.54) is 0 Å². The number of imide groups is 1. The zero-order valence-corrected chi connectivity index (χ0v) is 13.8. The van der Waals surface area contributed by atoms with Gasteiger partial charge in [0.1, 0.15) is 18.1 Å². The summed E-state index contributed by atoms with van der Waals surface area (Å²) in [7, 11) is 0. The lowest BCUT2D eigenvalue weighted by Crippen LogP contribution is -2.40. The summed E-state index contributed by atoms with van der Waals surface area (Å²) in [5, 5.41) is 2.48. The third-order valence-electron chi connectivity index (χ3n) is 4.21. The average Bonchev–Trinajstić information content (AvgIpc) is 3.37. The minimum absolute atomic E-state index is 0.00958. The second kappa shape index (κ2) is 7.00. The van der Waals surface area contributed by atoms with E-state index in [0.717, 1.165) is 23.8 Å². The van der Waals surface area contributed by atoms with Gasteiger partial charge in [0.25, 0.3) is 0 Å². The van der Waals surface area contributed by atoms with Crippen LogP contribution in [0, 0.1) is 0 Å². The maximum Gasteiger partial charge on any atom is 0.433 e. The van der Waals surface area contributed by atoms with Crippen LogP contribution in [-0.2, 0) is 27.0 Å². The lowest BCUT2D eigenvalue weighted by atomic mass is 10.2. The number of carbonyl (C=O) groups is 3. The summed E-state index contributed by atoms with van der Waals surface area (Å²) in [5.74, 6) is -1.31. The Morgan fingerprint density at radius 1 is 1.19 bits per heavy atom. The molecule has 0 spiro atoms. The van der Waals surface area contributed by atoms with Crippen molar-refractivity contribution in [1.82, 2.24) is 20.2 Å². The van der Waals surface area contributed by atoms with Gasteiger partial charge in [-0.05, 0) is 18.9 Å². The van der Waals surface area contributed by atoms with Gasteiger partial charge in [-0.2, -0.15) is 13.2 Å². The van der Waals surface area contributed by atoms with Crippen LogP contribution in [0.15, 0.2) is 6.07 Å². The number of alkyl halides is 3. The van der Waals surface area contributed by atoms with Gasteiger partial charge in [0.2, 0.25) is 17.7 Å². The summed E-state index contributed by atoms with van der Waals surface area (Å²) in [6.07, 6.45) is -2.73. The van der Waals surface area contributed by atoms with Crippen molar-refractivity contribution < 1.29 is 27.6 Å². The molecule has 1 aromatic rings. The smallest absolute Gasteiger partial charge is 0.354 e. The minimum atomic E-state index is -4.55. The third-order valence-corrected chi connectivity index (χ3v) is 4.21. The fourth-order valence-electron chi connectivity index (χ4n) is 2.68. The fourth-order valence-corrected chi connectivity index (χ4v) is 2.68. The molecule has 1 aliphatic heterocycles. The quantitative estimate of drug-likeness (QED) is 0.759. The monoisotopic (exact) mass is 370 g/mol. The fraction of sp³-hybridized carbons (Fsp3) is 0.562. The van der Waals surface area contributed by atoms with Crippen molar-refractivity contribution in [2.75, 3.05) is 13.1 Å². The van der Waals surface area contributed by atoms with E-state index in [9.17, 15) is 27.6 Å². The summed E-state index contributed by atoms with van der Waals surface area (Å²) in [6, 6.07) is 0.977. The van der Waals surface area contributed by atoms with E-state index in [1.54, 1.807) is 0 Å². The summed E-state index contributed by atoms with van der Waals surface area (Å²) in [4.78, 5) is 43.3. The molecule has 0 unspecified atom stereocenters. The number of carbonyl (C=O) groups excluding carboxylic acids is 3. The van der Waals surface area contributed by atoms with Crippen LogP contribution >= 0.6 is 0 Å². The highest BCUT2D eigenvalue weighted by Crippen LogP contribution is 2.40. The largest absolute Gasteiger partial charge is 0.433 e. The molecular formula is C16H17F3N4O3. The van der Waals surface area contributed by atoms with Crippen molar-refractivity contribution in [3.05, 3.63) is 23.3 Å². The van der Waals surface area contributed by atoms with E-state index in [0.29, 0.717) is 5.69 Å². The number of rotatable bonds is 6. The molecule has 7 nitrogen and oxygen atoms in total. The Labute approximate surface area is 147 Å². The minimum Gasteiger partial charge on any atom is -0.354 e. The summed E-state index contributed by atoms with van der Waals surface area (Å²) in [5.41, 5.74) is -0.606. The first-order valence-electron chi connectivity index (χ1n) is 8.29. The highest BCUT2D eigenvalue weighted by Gasteiger charge is 2.36. The van der Waals surface area contributed by atoms with Gasteiger partial charge >= 0.3 is 6.18 Å². The Morgan fingerprint density at radius 2 is 1.85 bits per heavy atom. The lowest BCUT2D eigenvalue weighted by molar-refractivity contribution is -0.142. The maximum absolute atomic E-state index is 13.0. The van der Waals surface area contributed by atoms with E-state index < -0.39 is 29.6 Å². The standard InChI is InChI=1S/C16H17F3N4O3/c17-16(18,19)11-7-10(9-1-2-9)21-12(22-11)5-6-20-13(24)8-23-14(25)3-4-15(23)26/h7,9H,1-6,8H2,(H,20,24). The van der Waals surface area contributed by atoms with Crippen LogP contribution in [0.1, 0.15) is 48.8 Å². The molecule has 0 atom stereocenters. The molecule has 1 saturated heterocycles. The molecule has 0 radical (unpaired) electrons. The highest BCUT2D eigenvalue weighted by molar-refractivity contribution is 6.04. The van der Waals surface area contributed by atoms with Crippen molar-refractivity contribution in [3.63, 3.8) is 0 Å². The van der Waals surface area contributed by atoms with Crippen LogP contribution in [-0.4, -0.2) is 45.7 Å². The number of hydrogen-bond acceptors (Lipinski definition) is 5. The molecular weight excluding hydrogens is 353 g/mol. The Hall–Kier alpha value is -2.52. The number of nitrogens with one attached hydrogen (secondary N) is 1. The Morgan fingerprint density at radius 3 is 2.42 bits per heavy atom. The molecule has 1 aromatic heterocycles. The molecule has 1 saturated carbocycles. The van der Waals surface area contributed by atoms with Crippen molar-refractivity contribution in [1.29, 1.82) is 0 Å². The van der Waals surface area contributed by atoms with Crippen LogP contribution < -0.4 is 5.32 Å². The summed E-state index contributed by atoms with van der Waals surface area (Å²) < 4.78 is 38.9. The Bertz CT molecular complexity index is 731. The second-order valence-electron chi connectivity index (χ2n) is 6.34. The number of amides is 3. The predicted molar refractivity (Wildman–Crippen MR) is 81.7 cm³/mol. The van der Waals surface area contributed by atoms with Crippen LogP contribution in [0.5, 0.6) is 0 Å². The van der Waals surface area contributed by atoms with E-state index >= 15 is 0 Å². The number of halogens is 3. The van der Waals surface area contributed by atoms with Crippen LogP contribution in [0.2, 0.25) is 0 Å². The zero-order chi connectivity index (χ0) is 18.9. The van der Waals surface area contributed by atoms with Crippen LogP contribution in [0.3, 0.4) is 0 Å². The number of nitrogens with zero attached hydrogens (tertiary/aromatic N) is 3. The normalized spacial score (nSPS) is 17.7. The molecule has 2 aliphatic rings. The van der Waals surface area contributed by atoms with Crippen molar-refractivity contribution in [2.45, 2.75) is 44.2 Å². The number of likely N-dealkylation sites (tertiary alicyclic amines) is 1. The summed E-state index contributed by atoms with van der Waals surface area (Å²) in [6.45, 7) is -0.366. The molecule has 0 aromatic carbocycles. The maximum atomic E-state index is 13.0. The number of hydrogen-bond donors (Lipinski definition) is 1. The van der Waals surface area contributed by atoms with Gasteiger partial charge in [0, 0.05) is 37.4 Å². The van der Waals surface area contributed by atoms with Gasteiger partial charge in [0.15, 0.2) is 0 Å². The highest BCUT2D eigenvalue weighted by atomic mass is 19.4. The van der Waals surface area contributed by atoms with Crippen molar-refractivity contribution >= 4 is 17.7 Å². The van der Waals surface area contributed by atoms with E-state index in [2.05, 4.69) is 15.3 Å². The van der Waals surface area contributed by atoms with Gasteiger partial charge in [0.05, 0.1) is 0 Å².